The van der Waals surface area contributed by atoms with Crippen LogP contribution in [-0.2, 0) is 11.2 Å². The second kappa shape index (κ2) is 5.25. The average molecular weight is 249 g/mol. The number of thiol groups is 1. The van der Waals surface area contributed by atoms with Crippen molar-refractivity contribution < 1.29 is 18.0 Å². The van der Waals surface area contributed by atoms with Crippen LogP contribution in [0.5, 0.6) is 0 Å². The van der Waals surface area contributed by atoms with Gasteiger partial charge in [-0.1, -0.05) is 12.1 Å². The fraction of sp³-hybridized carbons (Fsp3) is 0.300. The van der Waals surface area contributed by atoms with Crippen molar-refractivity contribution in [3.8, 4) is 0 Å². The molecule has 0 atom stereocenters. The number of hydrogen-bond donors (Lipinski definition) is 2. The van der Waals surface area contributed by atoms with Crippen LogP contribution >= 0.6 is 12.6 Å². The molecule has 0 unspecified atom stereocenters. The summed E-state index contributed by atoms with van der Waals surface area (Å²) in [5.74, 6) is -0.649. The van der Waals surface area contributed by atoms with E-state index in [2.05, 4.69) is 12.6 Å². The molecule has 16 heavy (non-hydrogen) atoms. The van der Waals surface area contributed by atoms with Gasteiger partial charge < -0.3 is 5.32 Å². The highest BCUT2D eigenvalue weighted by Gasteiger charge is 2.27. The maximum absolute atomic E-state index is 11.8. The number of alkyl halides is 3. The molecule has 0 aliphatic heterocycles. The van der Waals surface area contributed by atoms with Gasteiger partial charge in [0.15, 0.2) is 0 Å². The summed E-state index contributed by atoms with van der Waals surface area (Å²) in [5, 5.41) is 1.80. The number of carbonyl (C=O) groups is 1. The molecule has 6 heteroatoms. The van der Waals surface area contributed by atoms with Gasteiger partial charge in [-0.05, 0) is 17.7 Å². The molecule has 1 amide bonds. The van der Waals surface area contributed by atoms with Crippen molar-refractivity contribution in [3.05, 3.63) is 29.8 Å². The molecule has 0 saturated heterocycles. The minimum Gasteiger partial charge on any atom is -0.347 e. The number of nitrogens with one attached hydrogen (secondary N) is 1. The summed E-state index contributed by atoms with van der Waals surface area (Å²) >= 11 is 4.05. The summed E-state index contributed by atoms with van der Waals surface area (Å²) in [6, 6.07) is 6.65. The minimum absolute atomic E-state index is 0.0653. The third kappa shape index (κ3) is 5.06. The predicted molar refractivity (Wildman–Crippen MR) is 56.5 cm³/mol. The van der Waals surface area contributed by atoms with Crippen molar-refractivity contribution in [1.29, 1.82) is 0 Å². The van der Waals surface area contributed by atoms with E-state index in [0.29, 0.717) is 5.56 Å². The lowest BCUT2D eigenvalue weighted by atomic mass is 10.1. The van der Waals surface area contributed by atoms with Crippen LogP contribution in [0.25, 0.3) is 0 Å². The molecule has 1 aromatic rings. The third-order valence-corrected chi connectivity index (χ3v) is 2.09. The van der Waals surface area contributed by atoms with Gasteiger partial charge in [-0.25, -0.2) is 0 Å². The number of benzene rings is 1. The fourth-order valence-electron chi connectivity index (χ4n) is 1.06. The van der Waals surface area contributed by atoms with Crippen LogP contribution in [0.15, 0.2) is 29.2 Å². The minimum atomic E-state index is -4.37. The molecule has 0 aliphatic rings. The standard InChI is InChI=1S/C10H10F3NOS/c11-10(12,13)6-14-9(15)5-7-1-3-8(16)4-2-7/h1-4,16H,5-6H2,(H,14,15). The van der Waals surface area contributed by atoms with E-state index in [1.165, 1.54) is 0 Å². The zero-order valence-electron chi connectivity index (χ0n) is 8.21. The van der Waals surface area contributed by atoms with Crippen molar-refractivity contribution in [2.45, 2.75) is 17.5 Å². The number of halogens is 3. The van der Waals surface area contributed by atoms with Gasteiger partial charge in [0.2, 0.25) is 5.91 Å². The molecule has 88 valence electrons. The van der Waals surface area contributed by atoms with E-state index in [1.807, 2.05) is 0 Å². The summed E-state index contributed by atoms with van der Waals surface area (Å²) in [6.07, 6.45) is -4.44. The Hall–Kier alpha value is -1.17. The van der Waals surface area contributed by atoms with E-state index in [9.17, 15) is 18.0 Å². The Bertz CT molecular complexity index is 361. The topological polar surface area (TPSA) is 29.1 Å². The first kappa shape index (κ1) is 12.9. The Balaban J connectivity index is 2.43. The van der Waals surface area contributed by atoms with Crippen LogP contribution in [0.2, 0.25) is 0 Å². The maximum atomic E-state index is 11.8. The quantitative estimate of drug-likeness (QED) is 0.790. The highest BCUT2D eigenvalue weighted by molar-refractivity contribution is 7.80. The summed E-state index contributed by atoms with van der Waals surface area (Å²) < 4.78 is 35.3. The van der Waals surface area contributed by atoms with E-state index in [-0.39, 0.29) is 6.42 Å². The second-order valence-corrected chi connectivity index (χ2v) is 3.75. The van der Waals surface area contributed by atoms with E-state index in [4.69, 9.17) is 0 Å². The van der Waals surface area contributed by atoms with Gasteiger partial charge in [0.1, 0.15) is 6.54 Å². The second-order valence-electron chi connectivity index (χ2n) is 3.24. The molecule has 0 spiro atoms. The Labute approximate surface area is 96.3 Å². The lowest BCUT2D eigenvalue weighted by Gasteiger charge is -2.08. The molecular formula is C10H10F3NOS. The molecule has 1 aromatic carbocycles. The fourth-order valence-corrected chi connectivity index (χ4v) is 1.21. The predicted octanol–water partition coefficient (Wildman–Crippen LogP) is 2.20. The van der Waals surface area contributed by atoms with Gasteiger partial charge in [0, 0.05) is 4.90 Å². The van der Waals surface area contributed by atoms with Gasteiger partial charge in [-0.3, -0.25) is 4.79 Å². The van der Waals surface area contributed by atoms with Crippen molar-refractivity contribution in [2.75, 3.05) is 6.54 Å². The average Bonchev–Trinajstić information content (AvgIpc) is 2.18. The molecule has 0 radical (unpaired) electrons. The van der Waals surface area contributed by atoms with E-state index in [1.54, 1.807) is 29.6 Å². The summed E-state index contributed by atoms with van der Waals surface area (Å²) in [7, 11) is 0. The largest absolute Gasteiger partial charge is 0.405 e. The van der Waals surface area contributed by atoms with Crippen LogP contribution in [0.3, 0.4) is 0 Å². The van der Waals surface area contributed by atoms with E-state index < -0.39 is 18.6 Å². The van der Waals surface area contributed by atoms with Crippen LogP contribution in [0.4, 0.5) is 13.2 Å². The number of hydrogen-bond acceptors (Lipinski definition) is 2. The van der Waals surface area contributed by atoms with Gasteiger partial charge in [-0.15, -0.1) is 12.6 Å². The smallest absolute Gasteiger partial charge is 0.347 e. The van der Waals surface area contributed by atoms with Gasteiger partial charge in [0.05, 0.1) is 6.42 Å². The van der Waals surface area contributed by atoms with E-state index in [0.717, 1.165) is 4.90 Å². The summed E-state index contributed by atoms with van der Waals surface area (Å²) in [6.45, 7) is -1.30. The van der Waals surface area contributed by atoms with Crippen LogP contribution in [-0.4, -0.2) is 18.6 Å². The zero-order chi connectivity index (χ0) is 12.2. The molecule has 0 saturated carbocycles. The van der Waals surface area contributed by atoms with Crippen LogP contribution in [0.1, 0.15) is 5.56 Å². The lowest BCUT2D eigenvalue weighted by molar-refractivity contribution is -0.138. The first-order valence-electron chi connectivity index (χ1n) is 4.48. The van der Waals surface area contributed by atoms with Crippen molar-refractivity contribution >= 4 is 18.5 Å². The molecule has 2 nitrogen and oxygen atoms in total. The molecule has 0 aromatic heterocycles. The number of amides is 1. The van der Waals surface area contributed by atoms with E-state index >= 15 is 0 Å². The number of carbonyl (C=O) groups excluding carboxylic acids is 1. The molecule has 0 fully saturated rings. The summed E-state index contributed by atoms with van der Waals surface area (Å²) in [5.41, 5.74) is 0.650. The Kier molecular flexibility index (Phi) is 4.23. The first-order chi connectivity index (χ1) is 7.37. The van der Waals surface area contributed by atoms with Crippen molar-refractivity contribution in [1.82, 2.24) is 5.32 Å². The first-order valence-corrected chi connectivity index (χ1v) is 4.93. The summed E-state index contributed by atoms with van der Waals surface area (Å²) in [4.78, 5) is 11.8. The van der Waals surface area contributed by atoms with Gasteiger partial charge in [-0.2, -0.15) is 13.2 Å². The molecule has 0 bridgehead atoms. The lowest BCUT2D eigenvalue weighted by Crippen LogP contribution is -2.34. The van der Waals surface area contributed by atoms with Crippen LogP contribution in [0, 0.1) is 0 Å². The maximum Gasteiger partial charge on any atom is 0.405 e. The van der Waals surface area contributed by atoms with Gasteiger partial charge >= 0.3 is 6.18 Å². The third-order valence-electron chi connectivity index (χ3n) is 1.79. The molecular weight excluding hydrogens is 239 g/mol. The molecule has 1 rings (SSSR count). The van der Waals surface area contributed by atoms with Crippen molar-refractivity contribution in [2.24, 2.45) is 0 Å². The Morgan fingerprint density at radius 2 is 1.81 bits per heavy atom. The molecule has 0 heterocycles. The molecule has 0 aliphatic carbocycles. The Morgan fingerprint density at radius 1 is 1.25 bits per heavy atom. The zero-order valence-corrected chi connectivity index (χ0v) is 9.11. The monoisotopic (exact) mass is 249 g/mol. The van der Waals surface area contributed by atoms with Crippen molar-refractivity contribution in [3.63, 3.8) is 0 Å². The Morgan fingerprint density at radius 3 is 2.31 bits per heavy atom. The highest BCUT2D eigenvalue weighted by Crippen LogP contribution is 2.12. The molecule has 1 N–H and O–H groups in total. The number of rotatable bonds is 3. The SMILES string of the molecule is O=C(Cc1ccc(S)cc1)NCC(F)(F)F. The van der Waals surface area contributed by atoms with Crippen LogP contribution < -0.4 is 5.32 Å². The highest BCUT2D eigenvalue weighted by atomic mass is 32.1. The van der Waals surface area contributed by atoms with Gasteiger partial charge in [0.25, 0.3) is 0 Å². The normalized spacial score (nSPS) is 11.2.